The molecule has 2 saturated heterocycles. The minimum atomic E-state index is 0.110. The highest BCUT2D eigenvalue weighted by Gasteiger charge is 2.42. The number of likely N-dealkylation sites (tertiary alicyclic amines) is 1. The van der Waals surface area contributed by atoms with Crippen molar-refractivity contribution in [1.29, 1.82) is 0 Å². The van der Waals surface area contributed by atoms with E-state index in [1.807, 2.05) is 0 Å². The van der Waals surface area contributed by atoms with Gasteiger partial charge in [-0.2, -0.15) is 0 Å². The van der Waals surface area contributed by atoms with E-state index in [0.29, 0.717) is 12.5 Å². The van der Waals surface area contributed by atoms with Gasteiger partial charge >= 0.3 is 0 Å². The normalized spacial score (nSPS) is 27.4. The van der Waals surface area contributed by atoms with Crippen LogP contribution in [0.15, 0.2) is 4.99 Å². The number of amides is 1. The van der Waals surface area contributed by atoms with Crippen LogP contribution in [0.3, 0.4) is 0 Å². The van der Waals surface area contributed by atoms with E-state index >= 15 is 0 Å². The highest BCUT2D eigenvalue weighted by Crippen LogP contribution is 2.35. The molecule has 2 N–H and O–H groups in total. The summed E-state index contributed by atoms with van der Waals surface area (Å²) in [7, 11) is 4.16. The van der Waals surface area contributed by atoms with Gasteiger partial charge in [0.2, 0.25) is 5.91 Å². The van der Waals surface area contributed by atoms with E-state index in [1.54, 1.807) is 0 Å². The summed E-state index contributed by atoms with van der Waals surface area (Å²) in [6.07, 6.45) is 2.93. The monoisotopic (exact) mass is 309 g/mol. The van der Waals surface area contributed by atoms with Gasteiger partial charge in [0.15, 0.2) is 5.96 Å². The Kier molecular flexibility index (Phi) is 5.67. The summed E-state index contributed by atoms with van der Waals surface area (Å²) in [6, 6.07) is 0.419. The van der Waals surface area contributed by atoms with E-state index in [4.69, 9.17) is 4.99 Å². The van der Waals surface area contributed by atoms with Gasteiger partial charge in [0.05, 0.1) is 6.54 Å². The lowest BCUT2D eigenvalue weighted by molar-refractivity contribution is -0.119. The quantitative estimate of drug-likeness (QED) is 0.587. The molecule has 0 aliphatic carbocycles. The maximum absolute atomic E-state index is 11.6. The number of guanidine groups is 1. The fourth-order valence-corrected chi connectivity index (χ4v) is 3.24. The summed E-state index contributed by atoms with van der Waals surface area (Å²) >= 11 is 0. The number of likely N-dealkylation sites (N-methyl/N-ethyl adjacent to an activating group) is 1. The van der Waals surface area contributed by atoms with Crippen LogP contribution in [0.5, 0.6) is 0 Å². The van der Waals surface area contributed by atoms with Crippen molar-refractivity contribution in [3.8, 4) is 0 Å². The third-order valence-electron chi connectivity index (χ3n) is 4.88. The molecule has 2 aliphatic heterocycles. The molecule has 22 heavy (non-hydrogen) atoms. The Morgan fingerprint density at radius 2 is 2.32 bits per heavy atom. The second kappa shape index (κ2) is 7.31. The summed E-state index contributed by atoms with van der Waals surface area (Å²) < 4.78 is 0. The minimum absolute atomic E-state index is 0.110. The fraction of sp³-hybridized carbons (Fsp3) is 0.875. The first kappa shape index (κ1) is 17.1. The molecule has 1 amide bonds. The molecule has 2 atom stereocenters. The third-order valence-corrected chi connectivity index (χ3v) is 4.88. The molecule has 1 spiro atoms. The van der Waals surface area contributed by atoms with Crippen LogP contribution >= 0.6 is 0 Å². The summed E-state index contributed by atoms with van der Waals surface area (Å²) in [5.41, 5.74) is 0.110. The van der Waals surface area contributed by atoms with E-state index < -0.39 is 0 Å². The Bertz CT molecular complexity index is 423. The van der Waals surface area contributed by atoms with Gasteiger partial charge in [-0.1, -0.05) is 0 Å². The summed E-state index contributed by atoms with van der Waals surface area (Å²) in [4.78, 5) is 21.0. The Morgan fingerprint density at radius 1 is 1.55 bits per heavy atom. The molecule has 6 nitrogen and oxygen atoms in total. The van der Waals surface area contributed by atoms with Crippen molar-refractivity contribution in [3.63, 3.8) is 0 Å². The first-order valence-corrected chi connectivity index (χ1v) is 8.42. The molecule has 126 valence electrons. The minimum Gasteiger partial charge on any atom is -0.357 e. The van der Waals surface area contributed by atoms with Gasteiger partial charge in [0, 0.05) is 44.1 Å². The standard InChI is InChI=1S/C16H31N5O/c1-5-17-15(18-10-13(2)20(3)4)21-8-6-7-16(12-21)9-14(22)19-11-16/h13H,5-12H2,1-4H3,(H,17,18)(H,19,22). The number of carbonyl (C=O) groups is 1. The number of rotatable bonds is 4. The van der Waals surface area contributed by atoms with E-state index in [1.165, 1.54) is 0 Å². The van der Waals surface area contributed by atoms with Gasteiger partial charge in [0.1, 0.15) is 0 Å². The molecule has 0 aromatic heterocycles. The molecule has 0 aromatic carbocycles. The topological polar surface area (TPSA) is 60.0 Å². The van der Waals surface area contributed by atoms with Gasteiger partial charge in [-0.3, -0.25) is 9.79 Å². The van der Waals surface area contributed by atoms with Gasteiger partial charge in [-0.05, 0) is 40.8 Å². The summed E-state index contributed by atoms with van der Waals surface area (Å²) in [5, 5.41) is 6.42. The molecule has 0 saturated carbocycles. The number of hydrogen-bond donors (Lipinski definition) is 2. The second-order valence-corrected chi connectivity index (χ2v) is 6.99. The Labute approximate surface area is 134 Å². The lowest BCUT2D eigenvalue weighted by Gasteiger charge is -2.41. The van der Waals surface area contributed by atoms with Crippen LogP contribution in [-0.2, 0) is 4.79 Å². The fourth-order valence-electron chi connectivity index (χ4n) is 3.24. The van der Waals surface area contributed by atoms with Crippen LogP contribution in [0.2, 0.25) is 0 Å². The van der Waals surface area contributed by atoms with E-state index in [2.05, 4.69) is 48.4 Å². The van der Waals surface area contributed by atoms with Crippen molar-refractivity contribution in [2.24, 2.45) is 10.4 Å². The molecule has 0 bridgehead atoms. The number of nitrogens with one attached hydrogen (secondary N) is 2. The zero-order valence-corrected chi connectivity index (χ0v) is 14.5. The number of carbonyl (C=O) groups excluding carboxylic acids is 1. The number of hydrogen-bond acceptors (Lipinski definition) is 3. The number of nitrogens with zero attached hydrogens (tertiary/aromatic N) is 3. The molecular formula is C16H31N5O. The maximum Gasteiger partial charge on any atom is 0.220 e. The summed E-state index contributed by atoms with van der Waals surface area (Å²) in [5.74, 6) is 1.19. The molecule has 2 unspecified atom stereocenters. The first-order valence-electron chi connectivity index (χ1n) is 8.42. The van der Waals surface area contributed by atoms with Crippen molar-refractivity contribution in [3.05, 3.63) is 0 Å². The van der Waals surface area contributed by atoms with Crippen molar-refractivity contribution in [1.82, 2.24) is 20.4 Å². The molecular weight excluding hydrogens is 278 g/mol. The summed E-state index contributed by atoms with van der Waals surface area (Å²) in [6.45, 7) is 8.71. The average Bonchev–Trinajstić information content (AvgIpc) is 2.83. The molecule has 0 aromatic rings. The van der Waals surface area contributed by atoms with Gasteiger partial charge in [-0.15, -0.1) is 0 Å². The van der Waals surface area contributed by atoms with Gasteiger partial charge in [-0.25, -0.2) is 0 Å². The van der Waals surface area contributed by atoms with Crippen LogP contribution in [0.25, 0.3) is 0 Å². The van der Waals surface area contributed by atoms with E-state index in [9.17, 15) is 4.79 Å². The smallest absolute Gasteiger partial charge is 0.220 e. The van der Waals surface area contributed by atoms with Crippen LogP contribution in [0.4, 0.5) is 0 Å². The zero-order valence-electron chi connectivity index (χ0n) is 14.5. The van der Waals surface area contributed by atoms with Crippen LogP contribution < -0.4 is 10.6 Å². The lowest BCUT2D eigenvalue weighted by Crippen LogP contribution is -2.51. The molecule has 2 fully saturated rings. The van der Waals surface area contributed by atoms with Gasteiger partial charge < -0.3 is 20.4 Å². The highest BCUT2D eigenvalue weighted by molar-refractivity contribution is 5.81. The Hall–Kier alpha value is -1.30. The maximum atomic E-state index is 11.6. The lowest BCUT2D eigenvalue weighted by atomic mass is 9.79. The first-order chi connectivity index (χ1) is 10.5. The van der Waals surface area contributed by atoms with E-state index in [0.717, 1.165) is 51.5 Å². The van der Waals surface area contributed by atoms with Gasteiger partial charge in [0.25, 0.3) is 0 Å². The second-order valence-electron chi connectivity index (χ2n) is 6.99. The van der Waals surface area contributed by atoms with Crippen LogP contribution in [-0.4, -0.2) is 74.5 Å². The van der Waals surface area contributed by atoms with Crippen LogP contribution in [0.1, 0.15) is 33.1 Å². The highest BCUT2D eigenvalue weighted by atomic mass is 16.1. The van der Waals surface area contributed by atoms with Crippen LogP contribution in [0, 0.1) is 5.41 Å². The molecule has 2 rings (SSSR count). The molecule has 2 heterocycles. The average molecular weight is 309 g/mol. The zero-order chi connectivity index (χ0) is 16.2. The SMILES string of the molecule is CCNC(=NCC(C)N(C)C)N1CCCC2(CNC(=O)C2)C1. The van der Waals surface area contributed by atoms with Crippen molar-refractivity contribution < 1.29 is 4.79 Å². The van der Waals surface area contributed by atoms with Crippen molar-refractivity contribution >= 4 is 11.9 Å². The Balaban J connectivity index is 2.04. The predicted molar refractivity (Wildman–Crippen MR) is 90.0 cm³/mol. The van der Waals surface area contributed by atoms with E-state index in [-0.39, 0.29) is 11.3 Å². The molecule has 0 radical (unpaired) electrons. The number of aliphatic imine (C=N–C) groups is 1. The Morgan fingerprint density at radius 3 is 2.91 bits per heavy atom. The predicted octanol–water partition coefficient (Wildman–Crippen LogP) is 0.504. The third kappa shape index (κ3) is 4.12. The molecule has 2 aliphatic rings. The molecule has 6 heteroatoms. The van der Waals surface area contributed by atoms with Crippen molar-refractivity contribution in [2.45, 2.75) is 39.2 Å². The largest absolute Gasteiger partial charge is 0.357 e. The number of piperidine rings is 1. The van der Waals surface area contributed by atoms with Crippen molar-refractivity contribution in [2.75, 3.05) is 46.8 Å².